The highest BCUT2D eigenvalue weighted by Crippen LogP contribution is 2.18. The molecule has 0 spiro atoms. The molecule has 6 heteroatoms. The summed E-state index contributed by atoms with van der Waals surface area (Å²) in [6, 6.07) is -0.537. The first-order chi connectivity index (χ1) is 32.0. The van der Waals surface area contributed by atoms with Gasteiger partial charge in [0.1, 0.15) is 0 Å². The number of aliphatic hydroxyl groups is 2. The van der Waals surface area contributed by atoms with Gasteiger partial charge in [0, 0.05) is 12.8 Å². The Morgan fingerprint density at radius 3 is 1.09 bits per heavy atom. The van der Waals surface area contributed by atoms with Gasteiger partial charge >= 0.3 is 5.97 Å². The van der Waals surface area contributed by atoms with Crippen LogP contribution in [-0.2, 0) is 14.3 Å². The van der Waals surface area contributed by atoms with Crippen molar-refractivity contribution in [2.45, 2.75) is 341 Å². The summed E-state index contributed by atoms with van der Waals surface area (Å²) >= 11 is 0. The summed E-state index contributed by atoms with van der Waals surface area (Å²) in [5.41, 5.74) is 0. The van der Waals surface area contributed by atoms with Crippen LogP contribution in [0, 0.1) is 0 Å². The third-order valence-corrected chi connectivity index (χ3v) is 13.8. The number of unbranched alkanes of at least 4 members (excludes halogenated alkanes) is 42. The van der Waals surface area contributed by atoms with Crippen LogP contribution >= 0.6 is 0 Å². The zero-order valence-electron chi connectivity index (χ0n) is 44.0. The van der Waals surface area contributed by atoms with Crippen molar-refractivity contribution in [2.75, 3.05) is 13.2 Å². The van der Waals surface area contributed by atoms with Gasteiger partial charge < -0.3 is 20.3 Å². The Morgan fingerprint density at radius 2 is 0.723 bits per heavy atom. The molecule has 0 saturated heterocycles. The molecule has 6 nitrogen and oxygen atoms in total. The molecule has 0 aliphatic rings. The second-order valence-electron chi connectivity index (χ2n) is 20.3. The van der Waals surface area contributed by atoms with Gasteiger partial charge in [-0.15, -0.1) is 0 Å². The molecular formula is C59H115NO5. The van der Waals surface area contributed by atoms with Crippen molar-refractivity contribution in [1.29, 1.82) is 0 Å². The van der Waals surface area contributed by atoms with Crippen molar-refractivity contribution >= 4 is 11.9 Å². The van der Waals surface area contributed by atoms with Crippen molar-refractivity contribution < 1.29 is 24.5 Å². The third-order valence-electron chi connectivity index (χ3n) is 13.8. The van der Waals surface area contributed by atoms with E-state index >= 15 is 0 Å². The average molecular weight is 919 g/mol. The first kappa shape index (κ1) is 63.6. The van der Waals surface area contributed by atoms with Crippen LogP contribution in [0.5, 0.6) is 0 Å². The van der Waals surface area contributed by atoms with E-state index in [0.717, 1.165) is 44.9 Å². The molecule has 0 rings (SSSR count). The summed E-state index contributed by atoms with van der Waals surface area (Å²) in [7, 11) is 0. The summed E-state index contributed by atoms with van der Waals surface area (Å²) in [5.74, 6) is -0.0265. The van der Waals surface area contributed by atoms with Gasteiger partial charge in [-0.25, -0.2) is 0 Å². The van der Waals surface area contributed by atoms with Gasteiger partial charge in [-0.3, -0.25) is 9.59 Å². The molecule has 0 heterocycles. The second-order valence-corrected chi connectivity index (χ2v) is 20.3. The SMILES string of the molecule is CCCCCCC/C=C\CCCCCCCC(=O)OCCCCCCCCCCCCCCCCCCCCCCCCCCCC(=O)NC(CO)C(O)CCCCCCCCCCC. The van der Waals surface area contributed by atoms with Gasteiger partial charge in [0.05, 0.1) is 25.4 Å². The fourth-order valence-electron chi connectivity index (χ4n) is 9.28. The van der Waals surface area contributed by atoms with Crippen molar-refractivity contribution in [3.05, 3.63) is 12.2 Å². The maximum absolute atomic E-state index is 12.4. The second kappa shape index (κ2) is 55.2. The van der Waals surface area contributed by atoms with Gasteiger partial charge in [0.25, 0.3) is 0 Å². The Morgan fingerprint density at radius 1 is 0.415 bits per heavy atom. The van der Waals surface area contributed by atoms with Crippen molar-refractivity contribution in [1.82, 2.24) is 5.32 Å². The quantitative estimate of drug-likeness (QED) is 0.0321. The monoisotopic (exact) mass is 918 g/mol. The van der Waals surface area contributed by atoms with Crippen LogP contribution in [0.25, 0.3) is 0 Å². The molecule has 0 aliphatic heterocycles. The number of hydrogen-bond acceptors (Lipinski definition) is 5. The zero-order chi connectivity index (χ0) is 47.2. The predicted octanol–water partition coefficient (Wildman–Crippen LogP) is 18.1. The molecule has 0 fully saturated rings. The van der Waals surface area contributed by atoms with Crippen LogP contribution in [0.4, 0.5) is 0 Å². The first-order valence-electron chi connectivity index (χ1n) is 29.4. The Labute approximate surface area is 406 Å². The van der Waals surface area contributed by atoms with E-state index in [1.54, 1.807) is 0 Å². The Balaban J connectivity index is 3.32. The topological polar surface area (TPSA) is 95.9 Å². The highest BCUT2D eigenvalue weighted by atomic mass is 16.5. The summed E-state index contributed by atoms with van der Waals surface area (Å²) in [5, 5.41) is 23.1. The van der Waals surface area contributed by atoms with E-state index in [1.807, 2.05) is 0 Å². The minimum absolute atomic E-state index is 0.00808. The van der Waals surface area contributed by atoms with Crippen LogP contribution in [-0.4, -0.2) is 47.4 Å². The lowest BCUT2D eigenvalue weighted by atomic mass is 10.0. The van der Waals surface area contributed by atoms with Gasteiger partial charge in [-0.05, 0) is 51.4 Å². The fourth-order valence-corrected chi connectivity index (χ4v) is 9.28. The summed E-state index contributed by atoms with van der Waals surface area (Å²) < 4.78 is 5.48. The minimum atomic E-state index is -0.660. The van der Waals surface area contributed by atoms with Crippen molar-refractivity contribution in [3.63, 3.8) is 0 Å². The molecular weight excluding hydrogens is 803 g/mol. The standard InChI is InChI=1S/C59H115NO5/c1-3-5-7-9-11-13-14-15-30-33-37-41-45-49-53-59(64)65-54-50-46-42-38-34-31-28-26-24-22-20-18-16-17-19-21-23-25-27-29-32-36-40-44-48-52-58(63)60-56(55-61)57(62)51-47-43-39-35-12-10-8-6-4-2/h14-15,56-57,61-62H,3-13,16-55H2,1-2H3,(H,60,63)/b15-14-. The molecule has 0 radical (unpaired) electrons. The average Bonchev–Trinajstić information content (AvgIpc) is 3.31. The smallest absolute Gasteiger partial charge is 0.305 e. The summed E-state index contributed by atoms with van der Waals surface area (Å²) in [6.07, 6.45) is 65.1. The van der Waals surface area contributed by atoms with Gasteiger partial charge in [0.15, 0.2) is 0 Å². The van der Waals surface area contributed by atoms with Gasteiger partial charge in [0.2, 0.25) is 5.91 Å². The van der Waals surface area contributed by atoms with Gasteiger partial charge in [-0.1, -0.05) is 276 Å². The summed E-state index contributed by atoms with van der Waals surface area (Å²) in [6.45, 7) is 4.93. The maximum atomic E-state index is 12.4. The van der Waals surface area contributed by atoms with E-state index < -0.39 is 12.1 Å². The molecule has 0 saturated carbocycles. The molecule has 3 N–H and O–H groups in total. The number of nitrogens with one attached hydrogen (secondary N) is 1. The number of ether oxygens (including phenoxy) is 1. The fraction of sp³-hybridized carbons (Fsp3) is 0.932. The van der Waals surface area contributed by atoms with E-state index in [-0.39, 0.29) is 18.5 Å². The number of hydrogen-bond donors (Lipinski definition) is 3. The third kappa shape index (κ3) is 51.8. The molecule has 0 aliphatic carbocycles. The van der Waals surface area contributed by atoms with Crippen LogP contribution in [0.3, 0.4) is 0 Å². The lowest BCUT2D eigenvalue weighted by Gasteiger charge is -2.22. The molecule has 65 heavy (non-hydrogen) atoms. The van der Waals surface area contributed by atoms with Crippen LogP contribution in [0.2, 0.25) is 0 Å². The molecule has 386 valence electrons. The molecule has 0 bridgehead atoms. The van der Waals surface area contributed by atoms with Gasteiger partial charge in [-0.2, -0.15) is 0 Å². The lowest BCUT2D eigenvalue weighted by molar-refractivity contribution is -0.143. The van der Waals surface area contributed by atoms with Crippen LogP contribution in [0.15, 0.2) is 12.2 Å². The van der Waals surface area contributed by atoms with E-state index in [1.165, 1.54) is 250 Å². The number of carbonyl (C=O) groups is 2. The van der Waals surface area contributed by atoms with Crippen LogP contribution in [0.1, 0.15) is 328 Å². The highest BCUT2D eigenvalue weighted by Gasteiger charge is 2.20. The van der Waals surface area contributed by atoms with Crippen LogP contribution < -0.4 is 5.32 Å². The molecule has 2 atom stereocenters. The predicted molar refractivity (Wildman–Crippen MR) is 283 cm³/mol. The van der Waals surface area contributed by atoms with Crippen molar-refractivity contribution in [3.8, 4) is 0 Å². The normalized spacial score (nSPS) is 12.6. The molecule has 2 unspecified atom stereocenters. The number of rotatable bonds is 55. The zero-order valence-corrected chi connectivity index (χ0v) is 44.0. The maximum Gasteiger partial charge on any atom is 0.305 e. The summed E-state index contributed by atoms with van der Waals surface area (Å²) in [4.78, 5) is 24.4. The first-order valence-corrected chi connectivity index (χ1v) is 29.4. The number of esters is 1. The molecule has 0 aromatic heterocycles. The molecule has 0 aromatic rings. The van der Waals surface area contributed by atoms with E-state index in [2.05, 4.69) is 31.3 Å². The van der Waals surface area contributed by atoms with E-state index in [9.17, 15) is 19.8 Å². The number of carbonyl (C=O) groups excluding carboxylic acids is 2. The number of aliphatic hydroxyl groups excluding tert-OH is 2. The van der Waals surface area contributed by atoms with Crippen molar-refractivity contribution in [2.24, 2.45) is 0 Å². The van der Waals surface area contributed by atoms with E-state index in [4.69, 9.17) is 4.74 Å². The Bertz CT molecular complexity index is 970. The number of allylic oxidation sites excluding steroid dienone is 2. The number of amides is 1. The Kier molecular flexibility index (Phi) is 54.0. The highest BCUT2D eigenvalue weighted by molar-refractivity contribution is 5.76. The van der Waals surface area contributed by atoms with E-state index in [0.29, 0.717) is 25.9 Å². The molecule has 0 aromatic carbocycles. The lowest BCUT2D eigenvalue weighted by Crippen LogP contribution is -2.45. The minimum Gasteiger partial charge on any atom is -0.466 e. The molecule has 1 amide bonds. The Hall–Kier alpha value is -1.40. The largest absolute Gasteiger partial charge is 0.466 e.